The van der Waals surface area contributed by atoms with E-state index in [1.165, 1.54) is 25.8 Å². The van der Waals surface area contributed by atoms with Gasteiger partial charge in [-0.3, -0.25) is 4.79 Å². The summed E-state index contributed by atoms with van der Waals surface area (Å²) < 4.78 is 5.71. The number of aryl methyl sites for hydroxylation is 1. The minimum atomic E-state index is -0.0969. The number of rotatable bonds is 5. The molecule has 4 heteroatoms. The molecule has 2 N–H and O–H groups in total. The first-order valence-electron chi connectivity index (χ1n) is 8.77. The normalized spacial score (nSPS) is 21.5. The fraction of sp³-hybridized carbons (Fsp3) is 0.526. The molecule has 0 bridgehead atoms. The highest BCUT2D eigenvalue weighted by atomic mass is 16.3. The highest BCUT2D eigenvalue weighted by Crippen LogP contribution is 2.24. The number of fused-ring (bicyclic) bond motifs is 1. The maximum Gasteiger partial charge on any atom is 0.287 e. The summed E-state index contributed by atoms with van der Waals surface area (Å²) in [4.78, 5) is 14.0. The molecule has 1 aliphatic rings. The molecule has 0 spiro atoms. The Morgan fingerprint density at radius 2 is 2.17 bits per heavy atom. The first kappa shape index (κ1) is 16.1. The summed E-state index contributed by atoms with van der Waals surface area (Å²) in [5, 5.41) is 4.03. The molecule has 1 unspecified atom stereocenters. The van der Waals surface area contributed by atoms with Crippen LogP contribution in [-0.2, 0) is 0 Å². The number of para-hydroxylation sites is 1. The minimum Gasteiger partial charge on any atom is -0.451 e. The highest BCUT2D eigenvalue weighted by Gasteiger charge is 2.21. The average molecular weight is 315 g/mol. The molecule has 1 aromatic carbocycles. The van der Waals surface area contributed by atoms with Gasteiger partial charge in [-0.05, 0) is 39.2 Å². The third-order valence-electron chi connectivity index (χ3n) is 5.09. The first-order chi connectivity index (χ1) is 11.2. The van der Waals surface area contributed by atoms with Crippen LogP contribution in [0.4, 0.5) is 0 Å². The molecule has 3 rings (SSSR count). The lowest BCUT2D eigenvalue weighted by Gasteiger charge is -2.30. The molecule has 1 aliphatic heterocycles. The molecule has 1 amide bonds. The minimum absolute atomic E-state index is 0.0969. The molecule has 2 atom stereocenters. The Bertz CT molecular complexity index is 677. The standard InChI is InChI=1S/C19H26N2O2/c1-14-8-5-6-12-21(14)13-7-11-20-19(22)18-15(2)16-9-3-4-10-17(16)23-18/h3-4,9-10,14H,5-8,11-13H2,1-2H3,(H,20,22)/p+1/t14-/m1/s1. The van der Waals surface area contributed by atoms with Gasteiger partial charge in [0.1, 0.15) is 5.58 Å². The number of piperidine rings is 1. The zero-order chi connectivity index (χ0) is 16.2. The van der Waals surface area contributed by atoms with Crippen molar-refractivity contribution in [3.05, 3.63) is 35.6 Å². The van der Waals surface area contributed by atoms with E-state index in [2.05, 4.69) is 12.2 Å². The van der Waals surface area contributed by atoms with Crippen molar-refractivity contribution in [2.75, 3.05) is 19.6 Å². The lowest BCUT2D eigenvalue weighted by Crippen LogP contribution is -3.16. The molecule has 0 aliphatic carbocycles. The summed E-state index contributed by atoms with van der Waals surface area (Å²) >= 11 is 0. The van der Waals surface area contributed by atoms with E-state index in [9.17, 15) is 4.79 Å². The van der Waals surface area contributed by atoms with Crippen LogP contribution in [0, 0.1) is 6.92 Å². The van der Waals surface area contributed by atoms with Gasteiger partial charge in [-0.1, -0.05) is 18.2 Å². The maximum atomic E-state index is 12.3. The number of hydrogen-bond donors (Lipinski definition) is 2. The number of carbonyl (C=O) groups excluding carboxylic acids is 1. The Morgan fingerprint density at radius 1 is 1.35 bits per heavy atom. The summed E-state index contributed by atoms with van der Waals surface area (Å²) in [6, 6.07) is 8.55. The Balaban J connectivity index is 1.51. The highest BCUT2D eigenvalue weighted by molar-refractivity contribution is 5.98. The van der Waals surface area contributed by atoms with Crippen LogP contribution in [0.3, 0.4) is 0 Å². The predicted molar refractivity (Wildman–Crippen MR) is 91.9 cm³/mol. The molecule has 4 nitrogen and oxygen atoms in total. The van der Waals surface area contributed by atoms with Gasteiger partial charge in [-0.25, -0.2) is 0 Å². The molecule has 2 aromatic rings. The van der Waals surface area contributed by atoms with Gasteiger partial charge < -0.3 is 14.6 Å². The van der Waals surface area contributed by atoms with E-state index in [1.807, 2.05) is 31.2 Å². The van der Waals surface area contributed by atoms with Crippen molar-refractivity contribution < 1.29 is 14.1 Å². The molecular formula is C19H27N2O2+. The molecular weight excluding hydrogens is 288 g/mol. The van der Waals surface area contributed by atoms with Gasteiger partial charge in [0.15, 0.2) is 5.76 Å². The van der Waals surface area contributed by atoms with E-state index in [0.717, 1.165) is 35.5 Å². The van der Waals surface area contributed by atoms with Crippen LogP contribution in [0.5, 0.6) is 0 Å². The summed E-state index contributed by atoms with van der Waals surface area (Å²) in [7, 11) is 0. The number of hydrogen-bond acceptors (Lipinski definition) is 2. The molecule has 1 fully saturated rings. The van der Waals surface area contributed by atoms with E-state index in [0.29, 0.717) is 12.3 Å². The van der Waals surface area contributed by atoms with E-state index < -0.39 is 0 Å². The van der Waals surface area contributed by atoms with Gasteiger partial charge in [0, 0.05) is 23.9 Å². The largest absolute Gasteiger partial charge is 0.451 e. The van der Waals surface area contributed by atoms with Gasteiger partial charge >= 0.3 is 0 Å². The number of amides is 1. The van der Waals surface area contributed by atoms with Gasteiger partial charge in [-0.15, -0.1) is 0 Å². The van der Waals surface area contributed by atoms with Crippen LogP contribution < -0.4 is 10.2 Å². The quantitative estimate of drug-likeness (QED) is 0.832. The van der Waals surface area contributed by atoms with Gasteiger partial charge in [-0.2, -0.15) is 0 Å². The maximum absolute atomic E-state index is 12.3. The number of benzene rings is 1. The van der Waals surface area contributed by atoms with E-state index in [-0.39, 0.29) is 5.91 Å². The topological polar surface area (TPSA) is 46.7 Å². The average Bonchev–Trinajstić information content (AvgIpc) is 2.90. The van der Waals surface area contributed by atoms with Crippen LogP contribution in [0.1, 0.15) is 48.7 Å². The second kappa shape index (κ2) is 7.18. The molecule has 1 aromatic heterocycles. The number of furan rings is 1. The Hall–Kier alpha value is -1.81. The van der Waals surface area contributed by atoms with Crippen molar-refractivity contribution in [3.8, 4) is 0 Å². The summed E-state index contributed by atoms with van der Waals surface area (Å²) in [5.41, 5.74) is 1.70. The van der Waals surface area contributed by atoms with Crippen LogP contribution in [-0.4, -0.2) is 31.6 Å². The third-order valence-corrected chi connectivity index (χ3v) is 5.09. The second-order valence-electron chi connectivity index (χ2n) is 6.72. The number of carbonyl (C=O) groups is 1. The van der Waals surface area contributed by atoms with E-state index >= 15 is 0 Å². The van der Waals surface area contributed by atoms with E-state index in [1.54, 1.807) is 4.90 Å². The summed E-state index contributed by atoms with van der Waals surface area (Å²) in [5.74, 6) is 0.352. The summed E-state index contributed by atoms with van der Waals surface area (Å²) in [6.07, 6.45) is 5.06. The predicted octanol–water partition coefficient (Wildman–Crippen LogP) is 2.32. The molecule has 0 radical (unpaired) electrons. The zero-order valence-corrected chi connectivity index (χ0v) is 14.2. The van der Waals surface area contributed by atoms with Crippen molar-refractivity contribution in [2.45, 2.75) is 45.6 Å². The SMILES string of the molecule is Cc1c(C(=O)NCCC[NH+]2CCCC[C@H]2C)oc2ccccc12. The van der Waals surface area contributed by atoms with Crippen molar-refractivity contribution >= 4 is 16.9 Å². The van der Waals surface area contributed by atoms with Gasteiger partial charge in [0.05, 0.1) is 19.1 Å². The lowest BCUT2D eigenvalue weighted by atomic mass is 10.0. The smallest absolute Gasteiger partial charge is 0.287 e. The third kappa shape index (κ3) is 3.58. The van der Waals surface area contributed by atoms with Crippen molar-refractivity contribution in [1.82, 2.24) is 5.32 Å². The fourth-order valence-corrected chi connectivity index (χ4v) is 3.61. The van der Waals surface area contributed by atoms with Crippen molar-refractivity contribution in [2.24, 2.45) is 0 Å². The van der Waals surface area contributed by atoms with Crippen LogP contribution in [0.25, 0.3) is 11.0 Å². The monoisotopic (exact) mass is 315 g/mol. The number of nitrogens with one attached hydrogen (secondary N) is 2. The molecule has 0 saturated carbocycles. The second-order valence-corrected chi connectivity index (χ2v) is 6.72. The Labute approximate surface area is 137 Å². The molecule has 124 valence electrons. The van der Waals surface area contributed by atoms with Crippen LogP contribution >= 0.6 is 0 Å². The molecule has 2 heterocycles. The zero-order valence-electron chi connectivity index (χ0n) is 14.2. The summed E-state index contributed by atoms with van der Waals surface area (Å²) in [6.45, 7) is 7.41. The number of likely N-dealkylation sites (tertiary alicyclic amines) is 1. The van der Waals surface area contributed by atoms with Crippen molar-refractivity contribution in [3.63, 3.8) is 0 Å². The van der Waals surface area contributed by atoms with Gasteiger partial charge in [0.25, 0.3) is 5.91 Å². The number of quaternary nitrogens is 1. The van der Waals surface area contributed by atoms with Crippen LogP contribution in [0.15, 0.2) is 28.7 Å². The lowest BCUT2D eigenvalue weighted by molar-refractivity contribution is -0.928. The Kier molecular flexibility index (Phi) is 5.01. The molecule has 23 heavy (non-hydrogen) atoms. The van der Waals surface area contributed by atoms with Crippen LogP contribution in [0.2, 0.25) is 0 Å². The van der Waals surface area contributed by atoms with Gasteiger partial charge in [0.2, 0.25) is 0 Å². The van der Waals surface area contributed by atoms with E-state index in [4.69, 9.17) is 4.42 Å². The first-order valence-corrected chi connectivity index (χ1v) is 8.77. The fourth-order valence-electron chi connectivity index (χ4n) is 3.61. The Morgan fingerprint density at radius 3 is 2.96 bits per heavy atom. The van der Waals surface area contributed by atoms with Crippen molar-refractivity contribution in [1.29, 1.82) is 0 Å². The molecule has 1 saturated heterocycles.